The van der Waals surface area contributed by atoms with Gasteiger partial charge in [-0.25, -0.2) is 23.5 Å². The minimum Gasteiger partial charge on any atom is -0.494 e. The van der Waals surface area contributed by atoms with E-state index in [0.717, 1.165) is 6.07 Å². The molecule has 0 spiro atoms. The third-order valence-corrected chi connectivity index (χ3v) is 4.31. The maximum absolute atomic E-state index is 13.6. The van der Waals surface area contributed by atoms with Gasteiger partial charge in [-0.15, -0.1) is 0 Å². The van der Waals surface area contributed by atoms with Crippen LogP contribution in [0.5, 0.6) is 11.5 Å². The number of hydrogen-bond acceptors (Lipinski definition) is 7. The second kappa shape index (κ2) is 11.4. The number of methoxy groups -OCH3 is 1. The maximum Gasteiger partial charge on any atom is 0.324 e. The Morgan fingerprint density at radius 3 is 2.67 bits per heavy atom. The molecule has 3 rings (SSSR count). The molecule has 0 aliphatic carbocycles. The van der Waals surface area contributed by atoms with Gasteiger partial charge in [0.1, 0.15) is 35.8 Å². The fourth-order valence-corrected chi connectivity index (χ4v) is 2.71. The zero-order valence-electron chi connectivity index (χ0n) is 17.6. The lowest BCUT2D eigenvalue weighted by atomic mass is 10.2. The van der Waals surface area contributed by atoms with Crippen LogP contribution < -0.4 is 25.4 Å². The number of benzene rings is 2. The summed E-state index contributed by atoms with van der Waals surface area (Å²) < 4.78 is 37.5. The summed E-state index contributed by atoms with van der Waals surface area (Å²) in [4.78, 5) is 19.9. The molecule has 33 heavy (non-hydrogen) atoms. The van der Waals surface area contributed by atoms with E-state index in [1.54, 1.807) is 18.2 Å². The zero-order chi connectivity index (χ0) is 23.6. The van der Waals surface area contributed by atoms with E-state index < -0.39 is 17.7 Å². The molecule has 0 saturated heterocycles. The summed E-state index contributed by atoms with van der Waals surface area (Å²) in [6, 6.07) is 9.57. The van der Waals surface area contributed by atoms with Crippen molar-refractivity contribution in [1.29, 1.82) is 5.26 Å². The van der Waals surface area contributed by atoms with E-state index in [-0.39, 0.29) is 24.7 Å². The molecule has 0 atom stereocenters. The van der Waals surface area contributed by atoms with Crippen molar-refractivity contribution in [2.24, 2.45) is 0 Å². The number of nitrogens with one attached hydrogen (secondary N) is 3. The van der Waals surface area contributed by atoms with Gasteiger partial charge >= 0.3 is 6.03 Å². The largest absolute Gasteiger partial charge is 0.494 e. The number of carbonyl (C=O) groups excluding carboxylic acids is 1. The molecule has 0 fully saturated rings. The molecule has 0 aliphatic heterocycles. The number of halogens is 2. The lowest BCUT2D eigenvalue weighted by Gasteiger charge is -2.13. The number of hydrogen-bond donors (Lipinski definition) is 3. The SMILES string of the molecule is COc1cc(OCCNCc2ccc(F)cc2F)ccc1NC(=O)Nc1cnc(C#N)cn1. The van der Waals surface area contributed by atoms with Gasteiger partial charge in [0.25, 0.3) is 0 Å². The summed E-state index contributed by atoms with van der Waals surface area (Å²) in [6.07, 6.45) is 2.51. The van der Waals surface area contributed by atoms with Crippen LogP contribution in [-0.4, -0.2) is 36.3 Å². The third-order valence-electron chi connectivity index (χ3n) is 4.31. The number of ether oxygens (including phenoxy) is 2. The first-order valence-electron chi connectivity index (χ1n) is 9.74. The van der Waals surface area contributed by atoms with Crippen molar-refractivity contribution < 1.29 is 23.0 Å². The number of nitrogens with zero attached hydrogens (tertiary/aromatic N) is 3. The van der Waals surface area contributed by atoms with Gasteiger partial charge in [-0.05, 0) is 18.2 Å². The summed E-state index contributed by atoms with van der Waals surface area (Å²) in [7, 11) is 1.45. The highest BCUT2D eigenvalue weighted by molar-refractivity contribution is 6.00. The van der Waals surface area contributed by atoms with Crippen molar-refractivity contribution in [3.05, 3.63) is 71.7 Å². The predicted molar refractivity (Wildman–Crippen MR) is 116 cm³/mol. The molecule has 0 radical (unpaired) electrons. The van der Waals surface area contributed by atoms with Gasteiger partial charge in [-0.1, -0.05) is 6.07 Å². The van der Waals surface area contributed by atoms with Crippen LogP contribution in [0.25, 0.3) is 0 Å². The Labute approximate surface area is 188 Å². The van der Waals surface area contributed by atoms with Crippen molar-refractivity contribution >= 4 is 17.5 Å². The summed E-state index contributed by atoms with van der Waals surface area (Å²) in [5, 5.41) is 16.9. The van der Waals surface area contributed by atoms with Crippen LogP contribution in [0.4, 0.5) is 25.1 Å². The number of anilines is 2. The summed E-state index contributed by atoms with van der Waals surface area (Å²) in [5.74, 6) is -0.169. The van der Waals surface area contributed by atoms with Gasteiger partial charge in [-0.3, -0.25) is 5.32 Å². The molecule has 1 aromatic heterocycles. The minimum atomic E-state index is -0.619. The van der Waals surface area contributed by atoms with E-state index in [0.29, 0.717) is 29.3 Å². The number of amides is 2. The van der Waals surface area contributed by atoms with E-state index in [1.165, 1.54) is 31.6 Å². The normalized spacial score (nSPS) is 10.2. The minimum absolute atomic E-state index is 0.135. The van der Waals surface area contributed by atoms with E-state index in [9.17, 15) is 13.6 Å². The Bertz CT molecular complexity index is 1150. The van der Waals surface area contributed by atoms with Crippen LogP contribution >= 0.6 is 0 Å². The molecule has 0 unspecified atom stereocenters. The molecule has 3 aromatic rings. The highest BCUT2D eigenvalue weighted by atomic mass is 19.1. The zero-order valence-corrected chi connectivity index (χ0v) is 17.6. The van der Waals surface area contributed by atoms with Gasteiger partial charge in [-0.2, -0.15) is 5.26 Å². The molecular formula is C22H20F2N6O3. The fourth-order valence-electron chi connectivity index (χ4n) is 2.71. The molecule has 11 heteroatoms. The molecule has 170 valence electrons. The fraction of sp³-hybridized carbons (Fsp3) is 0.182. The number of nitriles is 1. The summed E-state index contributed by atoms with van der Waals surface area (Å²) >= 11 is 0. The quantitative estimate of drug-likeness (QED) is 0.424. The smallest absolute Gasteiger partial charge is 0.324 e. The van der Waals surface area contributed by atoms with Crippen molar-refractivity contribution in [2.75, 3.05) is 30.9 Å². The van der Waals surface area contributed by atoms with E-state index in [1.807, 2.05) is 6.07 Å². The van der Waals surface area contributed by atoms with Crippen molar-refractivity contribution in [2.45, 2.75) is 6.54 Å². The van der Waals surface area contributed by atoms with E-state index in [4.69, 9.17) is 14.7 Å². The molecule has 1 heterocycles. The van der Waals surface area contributed by atoms with Gasteiger partial charge < -0.3 is 20.1 Å². The van der Waals surface area contributed by atoms with Crippen LogP contribution in [0.2, 0.25) is 0 Å². The molecule has 0 bridgehead atoms. The topological polar surface area (TPSA) is 121 Å². The third kappa shape index (κ3) is 6.84. The number of urea groups is 1. The molecule has 2 aromatic carbocycles. The van der Waals surface area contributed by atoms with Gasteiger partial charge in [0.05, 0.1) is 25.2 Å². The molecule has 2 amide bonds. The average Bonchev–Trinajstić information content (AvgIpc) is 2.81. The van der Waals surface area contributed by atoms with Crippen molar-refractivity contribution in [3.63, 3.8) is 0 Å². The second-order valence-corrected chi connectivity index (χ2v) is 6.60. The number of rotatable bonds is 9. The highest BCUT2D eigenvalue weighted by Crippen LogP contribution is 2.29. The first-order chi connectivity index (χ1) is 16.0. The Hall–Kier alpha value is -4.30. The van der Waals surface area contributed by atoms with Crippen molar-refractivity contribution in [1.82, 2.24) is 15.3 Å². The highest BCUT2D eigenvalue weighted by Gasteiger charge is 2.10. The number of aromatic nitrogens is 2. The lowest BCUT2D eigenvalue weighted by Crippen LogP contribution is -2.21. The van der Waals surface area contributed by atoms with Crippen LogP contribution in [0.15, 0.2) is 48.8 Å². The second-order valence-electron chi connectivity index (χ2n) is 6.60. The van der Waals surface area contributed by atoms with Crippen LogP contribution in [0, 0.1) is 23.0 Å². The van der Waals surface area contributed by atoms with Crippen LogP contribution in [0.3, 0.4) is 0 Å². The standard InChI is InChI=1S/C22H20F2N6O3/c1-32-20-9-17(33-7-6-26-11-14-2-3-15(23)8-18(14)24)4-5-19(20)29-22(31)30-21-13-27-16(10-25)12-28-21/h2-5,8-9,12-13,26H,6-7,11H2,1H3,(H2,28,29,30,31). The number of carbonyl (C=O) groups is 1. The first-order valence-corrected chi connectivity index (χ1v) is 9.74. The molecule has 0 saturated carbocycles. The van der Waals surface area contributed by atoms with Gasteiger partial charge in [0, 0.05) is 30.8 Å². The molecule has 3 N–H and O–H groups in total. The lowest BCUT2D eigenvalue weighted by molar-refractivity contribution is 0.262. The Morgan fingerprint density at radius 2 is 1.97 bits per heavy atom. The molecule has 0 aliphatic rings. The Morgan fingerprint density at radius 1 is 1.12 bits per heavy atom. The first kappa shape index (κ1) is 23.4. The van der Waals surface area contributed by atoms with Gasteiger partial charge in [0.15, 0.2) is 11.5 Å². The Balaban J connectivity index is 1.48. The molecule has 9 nitrogen and oxygen atoms in total. The van der Waals surface area contributed by atoms with Crippen LogP contribution in [-0.2, 0) is 6.54 Å². The van der Waals surface area contributed by atoms with Gasteiger partial charge in [0.2, 0.25) is 0 Å². The van der Waals surface area contributed by atoms with Crippen molar-refractivity contribution in [3.8, 4) is 17.6 Å². The molecular weight excluding hydrogens is 434 g/mol. The van der Waals surface area contributed by atoms with E-state index in [2.05, 4.69) is 25.9 Å². The Kier molecular flexibility index (Phi) is 8.04. The summed E-state index contributed by atoms with van der Waals surface area (Å²) in [6.45, 7) is 0.949. The summed E-state index contributed by atoms with van der Waals surface area (Å²) in [5.41, 5.74) is 0.892. The van der Waals surface area contributed by atoms with E-state index >= 15 is 0 Å². The average molecular weight is 454 g/mol. The van der Waals surface area contributed by atoms with Crippen LogP contribution in [0.1, 0.15) is 11.3 Å². The predicted octanol–water partition coefficient (Wildman–Crippen LogP) is 3.45. The maximum atomic E-state index is 13.6. The monoisotopic (exact) mass is 454 g/mol.